The summed E-state index contributed by atoms with van der Waals surface area (Å²) in [5, 5.41) is 14.6. The van der Waals surface area contributed by atoms with Gasteiger partial charge in [0.25, 0.3) is 0 Å². The first-order chi connectivity index (χ1) is 11.0. The van der Waals surface area contributed by atoms with E-state index in [9.17, 15) is 0 Å². The van der Waals surface area contributed by atoms with Crippen molar-refractivity contribution in [1.82, 2.24) is 0 Å². The van der Waals surface area contributed by atoms with Crippen LogP contribution in [0.2, 0.25) is 0 Å². The average molecular weight is 506 g/mol. The number of ether oxygens (including phenoxy) is 1. The number of hydrogen-bond donors (Lipinski definition) is 0. The Kier molecular flexibility index (Phi) is 11.5. The molecule has 126 valence electrons. The molecule has 0 amide bonds. The van der Waals surface area contributed by atoms with Crippen LogP contribution in [0.25, 0.3) is 22.2 Å². The predicted molar refractivity (Wildman–Crippen MR) is 100 cm³/mol. The van der Waals surface area contributed by atoms with Crippen molar-refractivity contribution in [3.05, 3.63) is 52.2 Å². The first-order valence-corrected chi connectivity index (χ1v) is 7.47. The maximum absolute atomic E-state index is 8.68. The van der Waals surface area contributed by atoms with Gasteiger partial charge in [0.1, 0.15) is 0 Å². The summed E-state index contributed by atoms with van der Waals surface area (Å²) in [6.07, 6.45) is 1.72. The molecule has 24 heavy (non-hydrogen) atoms. The third kappa shape index (κ3) is 7.54. The minimum atomic E-state index is 0. The van der Waals surface area contributed by atoms with E-state index in [0.29, 0.717) is 11.6 Å². The van der Waals surface area contributed by atoms with Gasteiger partial charge in [-0.25, -0.2) is 0 Å². The Morgan fingerprint density at radius 1 is 1.25 bits per heavy atom. The monoisotopic (exact) mass is 507 g/mol. The van der Waals surface area contributed by atoms with Crippen molar-refractivity contribution in [3.63, 3.8) is 0 Å². The molecule has 0 heterocycles. The normalized spacial score (nSPS) is 10.2. The second kappa shape index (κ2) is 12.2. The van der Waals surface area contributed by atoms with Crippen LogP contribution >= 0.6 is 0 Å². The van der Waals surface area contributed by atoms with Crippen LogP contribution in [0.4, 0.5) is 5.69 Å². The summed E-state index contributed by atoms with van der Waals surface area (Å²) in [4.78, 5) is 2.38. The number of allylic oxidation sites excluding steroid dienone is 1. The molecule has 2 aromatic carbocycles. The van der Waals surface area contributed by atoms with Crippen molar-refractivity contribution in [2.75, 3.05) is 39.9 Å². The maximum Gasteiger partial charge on any atom is 0.0703 e. The first-order valence-electron chi connectivity index (χ1n) is 7.06. The third-order valence-corrected chi connectivity index (χ3v) is 3.24. The fraction of sp³-hybridized carbons (Fsp3) is 0.278. The van der Waals surface area contributed by atoms with Gasteiger partial charge in [-0.15, -0.1) is 0 Å². The molecule has 4 nitrogen and oxygen atoms in total. The Morgan fingerprint density at radius 2 is 1.88 bits per heavy atom. The maximum atomic E-state index is 8.68. The molecule has 0 aliphatic heterocycles. The second-order valence-corrected chi connectivity index (χ2v) is 5.48. The zero-order chi connectivity index (χ0) is 17.2. The Bertz CT molecular complexity index is 709. The van der Waals surface area contributed by atoms with Gasteiger partial charge in [-0.3, -0.25) is 0 Å². The molecule has 0 unspecified atom stereocenters. The van der Waals surface area contributed by atoms with E-state index in [-0.39, 0.29) is 25.8 Å². The Balaban J connectivity index is 0.000000777. The molecule has 0 saturated heterocycles. The van der Waals surface area contributed by atoms with E-state index in [2.05, 4.69) is 33.2 Å². The van der Waals surface area contributed by atoms with Crippen LogP contribution in [-0.4, -0.2) is 35.0 Å². The van der Waals surface area contributed by atoms with Crippen LogP contribution in [0.1, 0.15) is 5.56 Å². The molecule has 0 spiro atoms. The molecule has 6 heteroatoms. The zero-order valence-corrected chi connectivity index (χ0v) is 18.8. The Hall–Kier alpha value is -1.26. The van der Waals surface area contributed by atoms with E-state index >= 15 is 0 Å². The van der Waals surface area contributed by atoms with Crippen LogP contribution < -0.4 is 4.90 Å². The van der Waals surface area contributed by atoms with Gasteiger partial charge < -0.3 is 27.6 Å². The van der Waals surface area contributed by atoms with Gasteiger partial charge in [-0.1, -0.05) is 29.2 Å². The largest absolute Gasteiger partial charge is 0.769 e. The van der Waals surface area contributed by atoms with Crippen LogP contribution in [0, 0.1) is 11.3 Å². The summed E-state index contributed by atoms with van der Waals surface area (Å²) in [6, 6.07) is 14.3. The smallest absolute Gasteiger partial charge is 0.0703 e. The van der Waals surface area contributed by atoms with E-state index in [1.807, 2.05) is 38.4 Å². The van der Waals surface area contributed by atoms with Gasteiger partial charge >= 0.3 is 0 Å². The number of anilines is 1. The van der Waals surface area contributed by atoms with Crippen molar-refractivity contribution in [2.24, 2.45) is 0 Å². The number of nitrogens with zero attached hydrogens (tertiary/aromatic N) is 3. The molecule has 2 rings (SSSR count). The molecule has 0 aromatic heterocycles. The molecule has 0 bridgehead atoms. The number of methoxy groups -OCH3 is 1. The number of benzene rings is 2. The molecule has 0 fully saturated rings. The van der Waals surface area contributed by atoms with Crippen LogP contribution in [0.5, 0.6) is 0 Å². The summed E-state index contributed by atoms with van der Waals surface area (Å²) < 4.78 is 4.52. The number of rotatable bonds is 4. The summed E-state index contributed by atoms with van der Waals surface area (Å²) in [7, 11) is 7.37. The second-order valence-electron chi connectivity index (χ2n) is 5.04. The van der Waals surface area contributed by atoms with E-state index in [0.717, 1.165) is 10.9 Å². The SMILES string of the molecule is CN(C)c1ccc2cc(/C=C(/[S-])C#N)ccc2c1.C[N-]COC.[Hf]. The van der Waals surface area contributed by atoms with Crippen molar-refractivity contribution in [2.45, 2.75) is 0 Å². The van der Waals surface area contributed by atoms with E-state index in [1.165, 1.54) is 11.1 Å². The zero-order valence-electron chi connectivity index (χ0n) is 14.4. The molecule has 0 atom stereocenters. The van der Waals surface area contributed by atoms with E-state index in [1.54, 1.807) is 20.2 Å². The molecular formula is C18H21HfN3OS-2. The number of nitriles is 1. The summed E-state index contributed by atoms with van der Waals surface area (Å²) >= 11 is 4.89. The molecule has 0 aliphatic carbocycles. The Morgan fingerprint density at radius 3 is 2.38 bits per heavy atom. The number of hydrogen-bond acceptors (Lipinski definition) is 4. The quantitative estimate of drug-likeness (QED) is 0.359. The molecule has 2 aromatic rings. The topological polar surface area (TPSA) is 50.4 Å². The molecule has 0 radical (unpaired) electrons. The predicted octanol–water partition coefficient (Wildman–Crippen LogP) is 3.91. The van der Waals surface area contributed by atoms with Gasteiger partial charge in [-0.05, 0) is 41.3 Å². The van der Waals surface area contributed by atoms with Gasteiger partial charge in [0.2, 0.25) is 0 Å². The summed E-state index contributed by atoms with van der Waals surface area (Å²) in [5.41, 5.74) is 2.14. The Labute approximate surface area is 168 Å². The molecular weight excluding hydrogens is 485 g/mol. The van der Waals surface area contributed by atoms with Gasteiger partial charge in [-0.2, -0.15) is 12.3 Å². The fourth-order valence-electron chi connectivity index (χ4n) is 1.93. The number of fused-ring (bicyclic) bond motifs is 1. The minimum absolute atomic E-state index is 0. The van der Waals surface area contributed by atoms with Gasteiger partial charge in [0.05, 0.1) is 6.07 Å². The first kappa shape index (κ1) is 22.7. The van der Waals surface area contributed by atoms with Gasteiger partial charge in [0, 0.05) is 52.7 Å². The van der Waals surface area contributed by atoms with Crippen LogP contribution in [0.3, 0.4) is 0 Å². The molecule has 0 saturated carbocycles. The van der Waals surface area contributed by atoms with Crippen LogP contribution in [-0.2, 0) is 43.2 Å². The average Bonchev–Trinajstić information content (AvgIpc) is 2.55. The third-order valence-electron chi connectivity index (χ3n) is 3.03. The fourth-order valence-corrected chi connectivity index (χ4v) is 2.07. The molecule has 0 N–H and O–H groups in total. The van der Waals surface area contributed by atoms with Crippen molar-refractivity contribution in [3.8, 4) is 6.07 Å². The molecule has 0 aliphatic rings. The van der Waals surface area contributed by atoms with Crippen LogP contribution in [0.15, 0.2) is 41.3 Å². The van der Waals surface area contributed by atoms with Crippen molar-refractivity contribution >= 4 is 35.2 Å². The summed E-state index contributed by atoms with van der Waals surface area (Å²) in [6.45, 7) is 0.514. The van der Waals surface area contributed by atoms with Crippen molar-refractivity contribution in [1.29, 1.82) is 5.26 Å². The van der Waals surface area contributed by atoms with Gasteiger partial charge in [0.15, 0.2) is 0 Å². The van der Waals surface area contributed by atoms with E-state index in [4.69, 9.17) is 17.9 Å². The standard InChI is InChI=1S/C15H14N2S.C3H8NO.Hf/c1-17(2)14-6-5-12-7-11(8-15(18)10-16)3-4-13(12)9-14;1-4-3-5-2;/h3-9,18H,1-2H3;3H2,1-2H3;/q;-1;/p-1/b15-8+;;. The van der Waals surface area contributed by atoms with E-state index < -0.39 is 0 Å². The minimum Gasteiger partial charge on any atom is -0.769 e. The summed E-state index contributed by atoms with van der Waals surface area (Å²) in [5.74, 6) is 0. The van der Waals surface area contributed by atoms with Crippen molar-refractivity contribution < 1.29 is 30.6 Å².